The van der Waals surface area contributed by atoms with E-state index in [2.05, 4.69) is 5.32 Å². The summed E-state index contributed by atoms with van der Waals surface area (Å²) in [7, 11) is 0. The second kappa shape index (κ2) is 6.73. The van der Waals surface area contributed by atoms with Crippen molar-refractivity contribution in [3.05, 3.63) is 46.1 Å². The van der Waals surface area contributed by atoms with E-state index in [9.17, 15) is 4.79 Å². The van der Waals surface area contributed by atoms with Gasteiger partial charge < -0.3 is 14.5 Å². The van der Waals surface area contributed by atoms with E-state index in [1.54, 1.807) is 30.3 Å². The van der Waals surface area contributed by atoms with E-state index in [-0.39, 0.29) is 17.8 Å². The molecule has 1 unspecified atom stereocenters. The van der Waals surface area contributed by atoms with Crippen molar-refractivity contribution < 1.29 is 13.9 Å². The smallest absolute Gasteiger partial charge is 0.287 e. The molecule has 0 saturated carbocycles. The number of amides is 1. The standard InChI is InChI=1S/C16H15Cl2NO3/c17-10-3-4-13(18)12(8-10)14-5-6-15(22-14)16(20)19-9-11-2-1-7-21-11/h3-6,8,11H,1-2,7,9H2,(H,19,20). The van der Waals surface area contributed by atoms with E-state index in [1.165, 1.54) is 0 Å². The van der Waals surface area contributed by atoms with E-state index in [0.29, 0.717) is 27.9 Å². The lowest BCUT2D eigenvalue weighted by Gasteiger charge is -2.09. The minimum Gasteiger partial charge on any atom is -0.451 e. The Kier molecular flexibility index (Phi) is 4.71. The quantitative estimate of drug-likeness (QED) is 0.909. The Morgan fingerprint density at radius 2 is 2.14 bits per heavy atom. The number of benzene rings is 1. The van der Waals surface area contributed by atoms with Gasteiger partial charge in [-0.05, 0) is 43.2 Å². The van der Waals surface area contributed by atoms with Crippen molar-refractivity contribution in [1.82, 2.24) is 5.32 Å². The van der Waals surface area contributed by atoms with Gasteiger partial charge in [-0.1, -0.05) is 23.2 Å². The highest BCUT2D eigenvalue weighted by molar-refractivity contribution is 6.35. The Labute approximate surface area is 138 Å². The van der Waals surface area contributed by atoms with Crippen molar-refractivity contribution in [2.45, 2.75) is 18.9 Å². The third kappa shape index (κ3) is 3.46. The predicted molar refractivity (Wildman–Crippen MR) is 85.5 cm³/mol. The Bertz CT molecular complexity index is 678. The molecule has 3 rings (SSSR count). The molecule has 1 N–H and O–H groups in total. The van der Waals surface area contributed by atoms with Crippen molar-refractivity contribution in [2.75, 3.05) is 13.2 Å². The third-order valence-corrected chi connectivity index (χ3v) is 4.10. The number of carbonyl (C=O) groups is 1. The molecule has 116 valence electrons. The van der Waals surface area contributed by atoms with Gasteiger partial charge in [0.1, 0.15) is 5.76 Å². The summed E-state index contributed by atoms with van der Waals surface area (Å²) in [5.41, 5.74) is 0.660. The minimum atomic E-state index is -0.264. The number of hydrogen-bond acceptors (Lipinski definition) is 3. The fraction of sp³-hybridized carbons (Fsp3) is 0.312. The third-order valence-electron chi connectivity index (χ3n) is 3.54. The van der Waals surface area contributed by atoms with Gasteiger partial charge in [-0.2, -0.15) is 0 Å². The molecule has 1 aromatic heterocycles. The summed E-state index contributed by atoms with van der Waals surface area (Å²) in [6.07, 6.45) is 2.11. The van der Waals surface area contributed by atoms with Crippen LogP contribution in [-0.4, -0.2) is 25.2 Å². The molecule has 6 heteroatoms. The van der Waals surface area contributed by atoms with Crippen LogP contribution in [0.4, 0.5) is 0 Å². The number of hydrogen-bond donors (Lipinski definition) is 1. The number of rotatable bonds is 4. The molecule has 0 radical (unpaired) electrons. The summed E-state index contributed by atoms with van der Waals surface area (Å²) >= 11 is 12.1. The lowest BCUT2D eigenvalue weighted by atomic mass is 10.2. The number of halogens is 2. The van der Waals surface area contributed by atoms with Gasteiger partial charge in [-0.15, -0.1) is 0 Å². The minimum absolute atomic E-state index is 0.0979. The van der Waals surface area contributed by atoms with Crippen LogP contribution in [0.3, 0.4) is 0 Å². The zero-order valence-electron chi connectivity index (χ0n) is 11.8. The fourth-order valence-corrected chi connectivity index (χ4v) is 2.77. The zero-order valence-corrected chi connectivity index (χ0v) is 13.3. The van der Waals surface area contributed by atoms with Gasteiger partial charge in [0.05, 0.1) is 11.1 Å². The lowest BCUT2D eigenvalue weighted by molar-refractivity contribution is 0.0836. The largest absolute Gasteiger partial charge is 0.451 e. The molecule has 0 bridgehead atoms. The van der Waals surface area contributed by atoms with Gasteiger partial charge in [-0.3, -0.25) is 4.79 Å². The predicted octanol–water partition coefficient (Wildman–Crippen LogP) is 4.16. The molecular formula is C16H15Cl2NO3. The first-order chi connectivity index (χ1) is 10.6. The molecule has 1 aliphatic heterocycles. The molecule has 22 heavy (non-hydrogen) atoms. The number of nitrogens with one attached hydrogen (secondary N) is 1. The average Bonchev–Trinajstić information content (AvgIpc) is 3.18. The molecule has 4 nitrogen and oxygen atoms in total. The van der Waals surface area contributed by atoms with Gasteiger partial charge in [0.2, 0.25) is 0 Å². The Morgan fingerprint density at radius 1 is 1.27 bits per heavy atom. The van der Waals surface area contributed by atoms with Crippen LogP contribution >= 0.6 is 23.2 Å². The van der Waals surface area contributed by atoms with Gasteiger partial charge in [0.25, 0.3) is 5.91 Å². The van der Waals surface area contributed by atoms with Crippen LogP contribution in [0, 0.1) is 0 Å². The summed E-state index contributed by atoms with van der Waals surface area (Å²) in [6.45, 7) is 1.26. The topological polar surface area (TPSA) is 51.5 Å². The fourth-order valence-electron chi connectivity index (χ4n) is 2.39. The molecule has 1 amide bonds. The normalized spacial score (nSPS) is 17.6. The molecular weight excluding hydrogens is 325 g/mol. The SMILES string of the molecule is O=C(NCC1CCCO1)c1ccc(-c2cc(Cl)ccc2Cl)o1. The second-order valence-corrected chi connectivity index (χ2v) is 5.98. The van der Waals surface area contributed by atoms with E-state index in [1.807, 2.05) is 0 Å². The number of furan rings is 1. The van der Waals surface area contributed by atoms with Crippen molar-refractivity contribution in [3.8, 4) is 11.3 Å². The maximum absolute atomic E-state index is 12.1. The van der Waals surface area contributed by atoms with E-state index >= 15 is 0 Å². The maximum atomic E-state index is 12.1. The molecule has 1 aromatic carbocycles. The van der Waals surface area contributed by atoms with Crippen molar-refractivity contribution in [2.24, 2.45) is 0 Å². The van der Waals surface area contributed by atoms with Gasteiger partial charge >= 0.3 is 0 Å². The van der Waals surface area contributed by atoms with Gasteiger partial charge in [0.15, 0.2) is 5.76 Å². The average molecular weight is 340 g/mol. The second-order valence-electron chi connectivity index (χ2n) is 5.13. The number of ether oxygens (including phenoxy) is 1. The van der Waals surface area contributed by atoms with Crippen LogP contribution in [0.15, 0.2) is 34.7 Å². The van der Waals surface area contributed by atoms with Crippen LogP contribution in [0.1, 0.15) is 23.4 Å². The van der Waals surface area contributed by atoms with E-state index in [4.69, 9.17) is 32.4 Å². The highest BCUT2D eigenvalue weighted by Crippen LogP contribution is 2.31. The summed E-state index contributed by atoms with van der Waals surface area (Å²) in [6, 6.07) is 8.43. The zero-order chi connectivity index (χ0) is 15.5. The Balaban J connectivity index is 1.70. The molecule has 1 atom stereocenters. The summed E-state index contributed by atoms with van der Waals surface area (Å²) < 4.78 is 11.1. The molecule has 1 saturated heterocycles. The van der Waals surface area contributed by atoms with Crippen molar-refractivity contribution >= 4 is 29.1 Å². The first-order valence-electron chi connectivity index (χ1n) is 7.08. The Hall–Kier alpha value is -1.49. The highest BCUT2D eigenvalue weighted by Gasteiger charge is 2.18. The molecule has 2 aromatic rings. The first kappa shape index (κ1) is 15.4. The van der Waals surface area contributed by atoms with E-state index < -0.39 is 0 Å². The molecule has 1 fully saturated rings. The van der Waals surface area contributed by atoms with Crippen LogP contribution < -0.4 is 5.32 Å². The van der Waals surface area contributed by atoms with Crippen molar-refractivity contribution in [1.29, 1.82) is 0 Å². The molecule has 0 spiro atoms. The van der Waals surface area contributed by atoms with Crippen LogP contribution in [0.2, 0.25) is 10.0 Å². The summed E-state index contributed by atoms with van der Waals surface area (Å²) in [5, 5.41) is 3.89. The Morgan fingerprint density at radius 3 is 2.91 bits per heavy atom. The monoisotopic (exact) mass is 339 g/mol. The van der Waals surface area contributed by atoms with Crippen LogP contribution in [0.5, 0.6) is 0 Å². The maximum Gasteiger partial charge on any atom is 0.287 e. The van der Waals surface area contributed by atoms with Gasteiger partial charge in [0, 0.05) is 23.7 Å². The molecule has 0 aliphatic carbocycles. The number of carbonyl (C=O) groups excluding carboxylic acids is 1. The van der Waals surface area contributed by atoms with E-state index in [0.717, 1.165) is 19.4 Å². The van der Waals surface area contributed by atoms with Crippen LogP contribution in [0.25, 0.3) is 11.3 Å². The molecule has 1 aliphatic rings. The first-order valence-corrected chi connectivity index (χ1v) is 7.84. The highest BCUT2D eigenvalue weighted by atomic mass is 35.5. The van der Waals surface area contributed by atoms with Crippen molar-refractivity contribution in [3.63, 3.8) is 0 Å². The van der Waals surface area contributed by atoms with Gasteiger partial charge in [-0.25, -0.2) is 0 Å². The van der Waals surface area contributed by atoms with Crippen LogP contribution in [-0.2, 0) is 4.74 Å². The molecule has 2 heterocycles. The lowest BCUT2D eigenvalue weighted by Crippen LogP contribution is -2.31. The summed E-state index contributed by atoms with van der Waals surface area (Å²) in [5.74, 6) is 0.485. The summed E-state index contributed by atoms with van der Waals surface area (Å²) in [4.78, 5) is 12.1.